The molecule has 0 bridgehead atoms. The van der Waals surface area contributed by atoms with Crippen molar-refractivity contribution in [3.8, 4) is 0 Å². The molecule has 0 radical (unpaired) electrons. The number of aromatic nitrogens is 1. The summed E-state index contributed by atoms with van der Waals surface area (Å²) in [5.41, 5.74) is 1.52. The highest BCUT2D eigenvalue weighted by atomic mass is 16.1. The van der Waals surface area contributed by atoms with Gasteiger partial charge in [-0.25, -0.2) is 0 Å². The summed E-state index contributed by atoms with van der Waals surface area (Å²) < 4.78 is 0. The van der Waals surface area contributed by atoms with E-state index in [4.69, 9.17) is 0 Å². The van der Waals surface area contributed by atoms with Crippen LogP contribution in [-0.4, -0.2) is 24.0 Å². The fourth-order valence-corrected chi connectivity index (χ4v) is 1.74. The number of nitrogens with one attached hydrogen (secondary N) is 2. The zero-order chi connectivity index (χ0) is 15.0. The predicted molar refractivity (Wildman–Crippen MR) is 84.0 cm³/mol. The van der Waals surface area contributed by atoms with Gasteiger partial charge in [0.05, 0.1) is 11.3 Å². The van der Waals surface area contributed by atoms with Gasteiger partial charge in [-0.15, -0.1) is 0 Å². The van der Waals surface area contributed by atoms with Gasteiger partial charge in [-0.05, 0) is 30.7 Å². The van der Waals surface area contributed by atoms with Crippen LogP contribution in [0.25, 0.3) is 0 Å². The minimum Gasteiger partial charge on any atom is -0.384 e. The Labute approximate surface area is 122 Å². The van der Waals surface area contributed by atoms with E-state index in [0.717, 1.165) is 25.1 Å². The number of carbonyl (C=O) groups is 1. The normalized spacial score (nSPS) is 10.9. The van der Waals surface area contributed by atoms with Gasteiger partial charge in [-0.2, -0.15) is 0 Å². The molecule has 1 aromatic heterocycles. The summed E-state index contributed by atoms with van der Waals surface area (Å²) in [6, 6.07) is 1.86. The van der Waals surface area contributed by atoms with Gasteiger partial charge in [-0.1, -0.05) is 27.7 Å². The van der Waals surface area contributed by atoms with E-state index in [1.54, 1.807) is 12.4 Å². The van der Waals surface area contributed by atoms with Gasteiger partial charge in [-0.3, -0.25) is 9.78 Å². The second kappa shape index (κ2) is 8.56. The molecule has 0 aliphatic rings. The SMILES string of the molecule is CC(C)CCNC(=O)c1cncc(NCCC(C)C)c1. The van der Waals surface area contributed by atoms with E-state index in [0.29, 0.717) is 23.9 Å². The molecule has 4 nitrogen and oxygen atoms in total. The molecule has 0 fully saturated rings. The number of anilines is 1. The lowest BCUT2D eigenvalue weighted by molar-refractivity contribution is 0.0951. The largest absolute Gasteiger partial charge is 0.384 e. The number of rotatable bonds is 8. The van der Waals surface area contributed by atoms with Crippen LogP contribution in [0.15, 0.2) is 18.5 Å². The highest BCUT2D eigenvalue weighted by Gasteiger charge is 2.07. The number of hydrogen-bond donors (Lipinski definition) is 2. The van der Waals surface area contributed by atoms with Gasteiger partial charge in [0, 0.05) is 25.5 Å². The lowest BCUT2D eigenvalue weighted by Gasteiger charge is -2.10. The first-order chi connectivity index (χ1) is 9.49. The first kappa shape index (κ1) is 16.5. The standard InChI is InChI=1S/C16H27N3O/c1-12(2)5-7-18-15-9-14(10-17-11-15)16(20)19-8-6-13(3)4/h9-13,18H,5-8H2,1-4H3,(H,19,20). The fourth-order valence-electron chi connectivity index (χ4n) is 1.74. The lowest BCUT2D eigenvalue weighted by atomic mass is 10.1. The molecule has 0 unspecified atom stereocenters. The molecule has 0 saturated heterocycles. The van der Waals surface area contributed by atoms with Crippen molar-refractivity contribution in [3.05, 3.63) is 24.0 Å². The van der Waals surface area contributed by atoms with E-state index in [-0.39, 0.29) is 5.91 Å². The van der Waals surface area contributed by atoms with Crippen molar-refractivity contribution in [1.82, 2.24) is 10.3 Å². The second-order valence-corrected chi connectivity index (χ2v) is 6.01. The molecule has 20 heavy (non-hydrogen) atoms. The third-order valence-electron chi connectivity index (χ3n) is 3.06. The van der Waals surface area contributed by atoms with Crippen LogP contribution >= 0.6 is 0 Å². The predicted octanol–water partition coefficient (Wildman–Crippen LogP) is 3.32. The molecular formula is C16H27N3O. The number of carbonyl (C=O) groups excluding carboxylic acids is 1. The van der Waals surface area contributed by atoms with Crippen LogP contribution in [0.1, 0.15) is 50.9 Å². The van der Waals surface area contributed by atoms with Crippen LogP contribution in [0.2, 0.25) is 0 Å². The van der Waals surface area contributed by atoms with E-state index in [9.17, 15) is 4.79 Å². The van der Waals surface area contributed by atoms with Crippen molar-refractivity contribution in [3.63, 3.8) is 0 Å². The van der Waals surface area contributed by atoms with Gasteiger partial charge < -0.3 is 10.6 Å². The lowest BCUT2D eigenvalue weighted by Crippen LogP contribution is -2.25. The molecule has 0 aromatic carbocycles. The topological polar surface area (TPSA) is 54.0 Å². The van der Waals surface area contributed by atoms with Crippen LogP contribution in [0, 0.1) is 11.8 Å². The molecule has 0 atom stereocenters. The van der Waals surface area contributed by atoms with Crippen LogP contribution in [0.4, 0.5) is 5.69 Å². The maximum atomic E-state index is 12.0. The third-order valence-corrected chi connectivity index (χ3v) is 3.06. The Hall–Kier alpha value is -1.58. The Morgan fingerprint density at radius 3 is 2.40 bits per heavy atom. The highest BCUT2D eigenvalue weighted by molar-refractivity contribution is 5.94. The summed E-state index contributed by atoms with van der Waals surface area (Å²) >= 11 is 0. The van der Waals surface area contributed by atoms with Gasteiger partial charge in [0.15, 0.2) is 0 Å². The van der Waals surface area contributed by atoms with Crippen molar-refractivity contribution in [1.29, 1.82) is 0 Å². The van der Waals surface area contributed by atoms with Gasteiger partial charge in [0.2, 0.25) is 0 Å². The number of hydrogen-bond acceptors (Lipinski definition) is 3. The molecule has 0 saturated carbocycles. The molecule has 1 rings (SSSR count). The Morgan fingerprint density at radius 1 is 1.10 bits per heavy atom. The van der Waals surface area contributed by atoms with Crippen LogP contribution in [0.3, 0.4) is 0 Å². The smallest absolute Gasteiger partial charge is 0.252 e. The van der Waals surface area contributed by atoms with Crippen LogP contribution in [-0.2, 0) is 0 Å². The van der Waals surface area contributed by atoms with Gasteiger partial charge in [0.25, 0.3) is 5.91 Å². The zero-order valence-corrected chi connectivity index (χ0v) is 13.1. The minimum absolute atomic E-state index is 0.0503. The molecule has 112 valence electrons. The summed E-state index contributed by atoms with van der Waals surface area (Å²) in [6.07, 6.45) is 5.46. The van der Waals surface area contributed by atoms with E-state index in [1.807, 2.05) is 6.07 Å². The van der Waals surface area contributed by atoms with Gasteiger partial charge in [0.1, 0.15) is 0 Å². The Kier molecular flexibility index (Phi) is 7.05. The molecule has 0 aliphatic heterocycles. The van der Waals surface area contributed by atoms with Gasteiger partial charge >= 0.3 is 0 Å². The number of amides is 1. The molecule has 4 heteroatoms. The number of nitrogens with zero attached hydrogens (tertiary/aromatic N) is 1. The summed E-state index contributed by atoms with van der Waals surface area (Å²) in [6.45, 7) is 10.3. The quantitative estimate of drug-likeness (QED) is 0.766. The molecule has 2 N–H and O–H groups in total. The number of pyridine rings is 1. The Balaban J connectivity index is 2.47. The Morgan fingerprint density at radius 2 is 1.75 bits per heavy atom. The molecule has 1 aromatic rings. The Bertz CT molecular complexity index is 416. The zero-order valence-electron chi connectivity index (χ0n) is 13.1. The van der Waals surface area contributed by atoms with E-state index < -0.39 is 0 Å². The summed E-state index contributed by atoms with van der Waals surface area (Å²) in [7, 11) is 0. The van der Waals surface area contributed by atoms with E-state index >= 15 is 0 Å². The first-order valence-electron chi connectivity index (χ1n) is 7.46. The van der Waals surface area contributed by atoms with Crippen LogP contribution < -0.4 is 10.6 Å². The summed E-state index contributed by atoms with van der Waals surface area (Å²) in [5.74, 6) is 1.21. The van der Waals surface area contributed by atoms with Crippen molar-refractivity contribution in [2.75, 3.05) is 18.4 Å². The van der Waals surface area contributed by atoms with Crippen molar-refractivity contribution < 1.29 is 4.79 Å². The minimum atomic E-state index is -0.0503. The molecule has 1 heterocycles. The molecule has 0 spiro atoms. The molecule has 0 aliphatic carbocycles. The fraction of sp³-hybridized carbons (Fsp3) is 0.625. The average molecular weight is 277 g/mol. The van der Waals surface area contributed by atoms with Crippen molar-refractivity contribution in [2.24, 2.45) is 11.8 Å². The second-order valence-electron chi connectivity index (χ2n) is 6.01. The highest BCUT2D eigenvalue weighted by Crippen LogP contribution is 2.09. The van der Waals surface area contributed by atoms with Crippen molar-refractivity contribution in [2.45, 2.75) is 40.5 Å². The van der Waals surface area contributed by atoms with E-state index in [2.05, 4.69) is 43.3 Å². The van der Waals surface area contributed by atoms with Crippen LogP contribution in [0.5, 0.6) is 0 Å². The maximum Gasteiger partial charge on any atom is 0.252 e. The van der Waals surface area contributed by atoms with Crippen molar-refractivity contribution >= 4 is 11.6 Å². The molecular weight excluding hydrogens is 250 g/mol. The monoisotopic (exact) mass is 277 g/mol. The summed E-state index contributed by atoms with van der Waals surface area (Å²) in [4.78, 5) is 16.1. The summed E-state index contributed by atoms with van der Waals surface area (Å²) in [5, 5.41) is 6.23. The third kappa shape index (κ3) is 6.55. The first-order valence-corrected chi connectivity index (χ1v) is 7.46. The maximum absolute atomic E-state index is 12.0. The van der Waals surface area contributed by atoms with E-state index in [1.165, 1.54) is 0 Å². The average Bonchev–Trinajstić information content (AvgIpc) is 2.38. The molecule has 1 amide bonds.